The lowest BCUT2D eigenvalue weighted by Gasteiger charge is -2.27. The molecule has 1 amide bonds. The van der Waals surface area contributed by atoms with Crippen molar-refractivity contribution in [2.45, 2.75) is 46.1 Å². The number of halogens is 1. The zero-order valence-corrected chi connectivity index (χ0v) is 15.1. The first-order chi connectivity index (χ1) is 11.7. The van der Waals surface area contributed by atoms with E-state index in [0.717, 1.165) is 16.7 Å². The van der Waals surface area contributed by atoms with Gasteiger partial charge >= 0.3 is 6.09 Å². The maximum Gasteiger partial charge on any atom is 0.405 e. The maximum atomic E-state index is 14.8. The Labute approximate surface area is 147 Å². The number of nitrogens with one attached hydrogen (secondary N) is 1. The zero-order valence-electron chi connectivity index (χ0n) is 15.1. The lowest BCUT2D eigenvalue weighted by Crippen LogP contribution is -2.34. The SMILES string of the molecule is CC(C)c1ccc(-c2cc3c(cc2F)[C@H](NC(=O)O)C(C)(C)C3)cc1. The number of carbonyl (C=O) groups is 1. The summed E-state index contributed by atoms with van der Waals surface area (Å²) in [5.41, 5.74) is 4.10. The standard InChI is InChI=1S/C21H24FNO2/c1-12(2)13-5-7-14(8-6-13)16-9-15-11-21(3,4)19(23-20(24)25)17(15)10-18(16)22/h5-10,12,19,23H,11H2,1-4H3,(H,24,25)/t19-/m0/s1. The van der Waals surface area contributed by atoms with Crippen molar-refractivity contribution in [1.29, 1.82) is 0 Å². The van der Waals surface area contributed by atoms with Gasteiger partial charge in [0.1, 0.15) is 5.82 Å². The predicted octanol–water partition coefficient (Wildman–Crippen LogP) is 5.51. The van der Waals surface area contributed by atoms with Crippen LogP contribution in [0.4, 0.5) is 9.18 Å². The summed E-state index contributed by atoms with van der Waals surface area (Å²) in [6.45, 7) is 8.26. The van der Waals surface area contributed by atoms with Crippen molar-refractivity contribution in [3.63, 3.8) is 0 Å². The monoisotopic (exact) mass is 341 g/mol. The third-order valence-electron chi connectivity index (χ3n) is 5.12. The lowest BCUT2D eigenvalue weighted by molar-refractivity contribution is 0.175. The molecule has 4 heteroatoms. The molecule has 2 aromatic carbocycles. The molecule has 0 unspecified atom stereocenters. The summed E-state index contributed by atoms with van der Waals surface area (Å²) in [5.74, 6) is 0.119. The third-order valence-corrected chi connectivity index (χ3v) is 5.12. The lowest BCUT2D eigenvalue weighted by atomic mass is 9.85. The fourth-order valence-electron chi connectivity index (χ4n) is 3.73. The van der Waals surface area contributed by atoms with Crippen molar-refractivity contribution >= 4 is 6.09 Å². The molecule has 0 bridgehead atoms. The summed E-state index contributed by atoms with van der Waals surface area (Å²) < 4.78 is 14.8. The minimum Gasteiger partial charge on any atom is -0.465 e. The van der Waals surface area contributed by atoms with E-state index in [1.807, 2.05) is 44.2 Å². The molecule has 132 valence electrons. The van der Waals surface area contributed by atoms with Gasteiger partial charge in [-0.2, -0.15) is 0 Å². The van der Waals surface area contributed by atoms with Crippen molar-refractivity contribution in [2.75, 3.05) is 0 Å². The van der Waals surface area contributed by atoms with Gasteiger partial charge in [0.05, 0.1) is 6.04 Å². The van der Waals surface area contributed by atoms with Crippen LogP contribution in [0.1, 0.15) is 56.3 Å². The number of rotatable bonds is 3. The predicted molar refractivity (Wildman–Crippen MR) is 97.3 cm³/mol. The van der Waals surface area contributed by atoms with E-state index in [1.165, 1.54) is 11.6 Å². The molecule has 0 aromatic heterocycles. The highest BCUT2D eigenvalue weighted by Gasteiger charge is 2.40. The first kappa shape index (κ1) is 17.5. The van der Waals surface area contributed by atoms with Crippen molar-refractivity contribution in [3.8, 4) is 11.1 Å². The third kappa shape index (κ3) is 3.26. The van der Waals surface area contributed by atoms with Crippen molar-refractivity contribution in [2.24, 2.45) is 5.41 Å². The van der Waals surface area contributed by atoms with E-state index >= 15 is 0 Å². The molecule has 25 heavy (non-hydrogen) atoms. The van der Waals surface area contributed by atoms with Crippen LogP contribution in [0.25, 0.3) is 11.1 Å². The second-order valence-electron chi connectivity index (χ2n) is 7.86. The topological polar surface area (TPSA) is 49.3 Å². The molecule has 2 N–H and O–H groups in total. The van der Waals surface area contributed by atoms with Crippen molar-refractivity contribution < 1.29 is 14.3 Å². The summed E-state index contributed by atoms with van der Waals surface area (Å²) in [4.78, 5) is 11.1. The molecule has 3 rings (SSSR count). The van der Waals surface area contributed by atoms with Gasteiger partial charge < -0.3 is 10.4 Å². The van der Waals surface area contributed by atoms with E-state index in [9.17, 15) is 9.18 Å². The van der Waals surface area contributed by atoms with Gasteiger partial charge in [-0.1, -0.05) is 52.0 Å². The van der Waals surface area contributed by atoms with Gasteiger partial charge in [0.15, 0.2) is 0 Å². The van der Waals surface area contributed by atoms with Crippen LogP contribution in [0.2, 0.25) is 0 Å². The number of hydrogen-bond donors (Lipinski definition) is 2. The van der Waals surface area contributed by atoms with Crippen LogP contribution in [0.5, 0.6) is 0 Å². The zero-order chi connectivity index (χ0) is 18.4. The van der Waals surface area contributed by atoms with Gasteiger partial charge in [0.2, 0.25) is 0 Å². The van der Waals surface area contributed by atoms with E-state index in [-0.39, 0.29) is 11.2 Å². The largest absolute Gasteiger partial charge is 0.465 e. The number of hydrogen-bond acceptors (Lipinski definition) is 1. The van der Waals surface area contributed by atoms with Crippen LogP contribution in [0.3, 0.4) is 0 Å². The number of carboxylic acid groups (broad SMARTS) is 1. The molecular formula is C21H24FNO2. The van der Waals surface area contributed by atoms with Gasteiger partial charge in [-0.25, -0.2) is 9.18 Å². The maximum absolute atomic E-state index is 14.8. The molecule has 2 aromatic rings. The van der Waals surface area contributed by atoms with Gasteiger partial charge in [0, 0.05) is 5.56 Å². The molecule has 1 aliphatic carbocycles. The van der Waals surface area contributed by atoms with E-state index in [4.69, 9.17) is 5.11 Å². The van der Waals surface area contributed by atoms with Crippen LogP contribution >= 0.6 is 0 Å². The fourth-order valence-corrected chi connectivity index (χ4v) is 3.73. The molecule has 0 saturated carbocycles. The van der Waals surface area contributed by atoms with Crippen molar-refractivity contribution in [1.82, 2.24) is 5.32 Å². The highest BCUT2D eigenvalue weighted by Crippen LogP contribution is 2.46. The quantitative estimate of drug-likeness (QED) is 0.773. The summed E-state index contributed by atoms with van der Waals surface area (Å²) in [6, 6.07) is 10.9. The fraction of sp³-hybridized carbons (Fsp3) is 0.381. The molecule has 0 saturated heterocycles. The van der Waals surface area contributed by atoms with Crippen molar-refractivity contribution in [3.05, 3.63) is 58.9 Å². The minimum atomic E-state index is -1.08. The van der Waals surface area contributed by atoms with Gasteiger partial charge in [-0.3, -0.25) is 0 Å². The molecule has 1 atom stereocenters. The Morgan fingerprint density at radius 3 is 2.44 bits per heavy atom. The number of fused-ring (bicyclic) bond motifs is 1. The molecule has 0 fully saturated rings. The van der Waals surface area contributed by atoms with Gasteiger partial charge in [-0.15, -0.1) is 0 Å². The molecule has 1 aliphatic rings. The molecule has 0 spiro atoms. The van der Waals surface area contributed by atoms with E-state index in [1.54, 1.807) is 0 Å². The first-order valence-corrected chi connectivity index (χ1v) is 8.61. The number of benzene rings is 2. The second kappa shape index (κ2) is 6.17. The van der Waals surface area contributed by atoms with E-state index in [2.05, 4.69) is 19.2 Å². The summed E-state index contributed by atoms with van der Waals surface area (Å²) in [6.07, 6.45) is -0.371. The Morgan fingerprint density at radius 1 is 1.24 bits per heavy atom. The molecule has 0 heterocycles. The Morgan fingerprint density at radius 2 is 1.88 bits per heavy atom. The van der Waals surface area contributed by atoms with Crippen LogP contribution in [-0.2, 0) is 6.42 Å². The van der Waals surface area contributed by atoms with E-state index < -0.39 is 12.1 Å². The van der Waals surface area contributed by atoms with Gasteiger partial charge in [-0.05, 0) is 52.1 Å². The Hall–Kier alpha value is -2.36. The smallest absolute Gasteiger partial charge is 0.405 e. The van der Waals surface area contributed by atoms with Crippen LogP contribution in [0.15, 0.2) is 36.4 Å². The highest BCUT2D eigenvalue weighted by molar-refractivity contribution is 5.69. The normalized spacial score (nSPS) is 18.2. The second-order valence-corrected chi connectivity index (χ2v) is 7.86. The Kier molecular flexibility index (Phi) is 4.31. The molecular weight excluding hydrogens is 317 g/mol. The summed E-state index contributed by atoms with van der Waals surface area (Å²) in [5, 5.41) is 11.6. The van der Waals surface area contributed by atoms with E-state index in [0.29, 0.717) is 17.9 Å². The molecule has 0 aliphatic heterocycles. The van der Waals surface area contributed by atoms with Crippen LogP contribution < -0.4 is 5.32 Å². The van der Waals surface area contributed by atoms with Gasteiger partial charge in [0.25, 0.3) is 0 Å². The minimum absolute atomic E-state index is 0.284. The molecule has 0 radical (unpaired) electrons. The summed E-state index contributed by atoms with van der Waals surface area (Å²) in [7, 11) is 0. The average molecular weight is 341 g/mol. The highest BCUT2D eigenvalue weighted by atomic mass is 19.1. The number of amides is 1. The summed E-state index contributed by atoms with van der Waals surface area (Å²) >= 11 is 0. The average Bonchev–Trinajstić information content (AvgIpc) is 2.76. The van der Waals surface area contributed by atoms with Crippen LogP contribution in [0, 0.1) is 11.2 Å². The van der Waals surface area contributed by atoms with Crippen LogP contribution in [-0.4, -0.2) is 11.2 Å². The Bertz CT molecular complexity index is 809. The first-order valence-electron chi connectivity index (χ1n) is 8.61. The molecule has 3 nitrogen and oxygen atoms in total. The Balaban J connectivity index is 2.02.